The highest BCUT2D eigenvalue weighted by molar-refractivity contribution is 6.38. The monoisotopic (exact) mass is 588 g/mol. The van der Waals surface area contributed by atoms with Crippen LogP contribution in [-0.2, 0) is 14.3 Å². The van der Waals surface area contributed by atoms with Crippen molar-refractivity contribution in [2.24, 2.45) is 5.41 Å². The van der Waals surface area contributed by atoms with E-state index in [2.05, 4.69) is 20.8 Å². The lowest BCUT2D eigenvalue weighted by Gasteiger charge is -2.26. The van der Waals surface area contributed by atoms with E-state index in [9.17, 15) is 19.2 Å². The molecule has 2 N–H and O–H groups in total. The molecule has 228 valence electrons. The molecule has 3 aromatic rings. The number of aromatic nitrogens is 3. The number of benzene rings is 2. The van der Waals surface area contributed by atoms with Gasteiger partial charge in [0.15, 0.2) is 5.69 Å². The Morgan fingerprint density at radius 1 is 1.00 bits per heavy atom. The van der Waals surface area contributed by atoms with Crippen LogP contribution in [0.2, 0.25) is 0 Å². The van der Waals surface area contributed by atoms with Gasteiger partial charge in [0.25, 0.3) is 11.8 Å². The SMILES string of the molecule is CCCC[C@H](NC(=O)O[C@@H]1CN(C(=O)c2nn(-c3ccccc3)nc2C)CC1(C)C)C(=O)C(=O)N[C@H](C)c1ccccc1. The number of para-hydroxylation sites is 1. The number of unbranched alkanes of at least 4 members (excludes halogenated alkanes) is 1. The highest BCUT2D eigenvalue weighted by Gasteiger charge is 2.45. The minimum atomic E-state index is -1.03. The van der Waals surface area contributed by atoms with Crippen molar-refractivity contribution in [2.75, 3.05) is 13.1 Å². The Morgan fingerprint density at radius 2 is 1.65 bits per heavy atom. The van der Waals surface area contributed by atoms with Gasteiger partial charge in [-0.15, -0.1) is 5.10 Å². The normalized spacial score (nSPS) is 17.1. The predicted octanol–water partition coefficient (Wildman–Crippen LogP) is 4.16. The average molecular weight is 589 g/mol. The molecular formula is C32H40N6O5. The molecule has 0 saturated carbocycles. The van der Waals surface area contributed by atoms with E-state index in [1.165, 1.54) is 4.80 Å². The highest BCUT2D eigenvalue weighted by atomic mass is 16.6. The smallest absolute Gasteiger partial charge is 0.408 e. The second-order valence-corrected chi connectivity index (χ2v) is 11.6. The first-order chi connectivity index (χ1) is 20.5. The van der Waals surface area contributed by atoms with Crippen molar-refractivity contribution in [1.29, 1.82) is 0 Å². The molecule has 1 aliphatic rings. The number of alkyl carbamates (subject to hydrolysis) is 1. The predicted molar refractivity (Wildman–Crippen MR) is 161 cm³/mol. The Balaban J connectivity index is 1.39. The van der Waals surface area contributed by atoms with Gasteiger partial charge in [-0.1, -0.05) is 82.1 Å². The van der Waals surface area contributed by atoms with Crippen molar-refractivity contribution in [2.45, 2.75) is 72.1 Å². The molecule has 3 atom stereocenters. The first-order valence-electron chi connectivity index (χ1n) is 14.7. The fourth-order valence-corrected chi connectivity index (χ4v) is 5.09. The zero-order valence-corrected chi connectivity index (χ0v) is 25.4. The van der Waals surface area contributed by atoms with Gasteiger partial charge in [0.2, 0.25) is 5.78 Å². The summed E-state index contributed by atoms with van der Waals surface area (Å²) in [4.78, 5) is 55.4. The number of ether oxygens (including phenoxy) is 1. The molecule has 0 spiro atoms. The summed E-state index contributed by atoms with van der Waals surface area (Å²) in [7, 11) is 0. The van der Waals surface area contributed by atoms with Gasteiger partial charge in [-0.05, 0) is 38.0 Å². The van der Waals surface area contributed by atoms with Crippen LogP contribution < -0.4 is 10.6 Å². The number of carbonyl (C=O) groups excluding carboxylic acids is 4. The van der Waals surface area contributed by atoms with Gasteiger partial charge in [-0.2, -0.15) is 9.90 Å². The summed E-state index contributed by atoms with van der Waals surface area (Å²) in [6.45, 7) is 9.78. The zero-order chi connectivity index (χ0) is 31.1. The maximum absolute atomic E-state index is 13.4. The Labute approximate surface area is 252 Å². The molecule has 11 nitrogen and oxygen atoms in total. The van der Waals surface area contributed by atoms with Crippen molar-refractivity contribution in [1.82, 2.24) is 30.5 Å². The molecule has 0 radical (unpaired) electrons. The number of hydrogen-bond donors (Lipinski definition) is 2. The van der Waals surface area contributed by atoms with Gasteiger partial charge < -0.3 is 20.3 Å². The summed E-state index contributed by atoms with van der Waals surface area (Å²) in [5.41, 5.74) is 1.75. The van der Waals surface area contributed by atoms with E-state index in [1.54, 1.807) is 18.7 Å². The van der Waals surface area contributed by atoms with Crippen LogP contribution in [0.15, 0.2) is 60.7 Å². The summed E-state index contributed by atoms with van der Waals surface area (Å²) in [6.07, 6.45) is 0.265. The van der Waals surface area contributed by atoms with Crippen LogP contribution in [0.3, 0.4) is 0 Å². The Kier molecular flexibility index (Phi) is 9.95. The number of carbonyl (C=O) groups is 4. The van der Waals surface area contributed by atoms with Crippen LogP contribution >= 0.6 is 0 Å². The fourth-order valence-electron chi connectivity index (χ4n) is 5.09. The molecule has 1 aromatic heterocycles. The topological polar surface area (TPSA) is 136 Å². The van der Waals surface area contributed by atoms with Crippen molar-refractivity contribution in [3.63, 3.8) is 0 Å². The fraction of sp³-hybridized carbons (Fsp3) is 0.438. The number of aryl methyl sites for hydroxylation is 1. The Hall–Kier alpha value is -4.54. The van der Waals surface area contributed by atoms with E-state index < -0.39 is 35.3 Å². The molecule has 43 heavy (non-hydrogen) atoms. The van der Waals surface area contributed by atoms with E-state index in [-0.39, 0.29) is 24.2 Å². The first-order valence-corrected chi connectivity index (χ1v) is 14.7. The lowest BCUT2D eigenvalue weighted by atomic mass is 9.90. The van der Waals surface area contributed by atoms with Crippen LogP contribution in [-0.4, -0.2) is 68.8 Å². The number of Topliss-reactive ketones (excluding diaryl/α,β-unsaturated/α-hetero) is 1. The highest BCUT2D eigenvalue weighted by Crippen LogP contribution is 2.33. The third-order valence-corrected chi connectivity index (χ3v) is 7.69. The number of nitrogens with one attached hydrogen (secondary N) is 2. The Bertz CT molecular complexity index is 1440. The summed E-state index contributed by atoms with van der Waals surface area (Å²) >= 11 is 0. The largest absolute Gasteiger partial charge is 0.444 e. The standard InChI is InChI=1S/C32H40N6O5/c1-6-7-18-25(28(39)29(40)33-21(2)23-14-10-8-11-15-23)34-31(42)43-26-19-37(20-32(26,4)5)30(41)27-22(3)35-38(36-27)24-16-12-9-13-17-24/h8-17,21,25-26H,6-7,18-20H2,1-5H3,(H,33,40)(H,34,42)/t21-,25+,26-/m1/s1. The summed E-state index contributed by atoms with van der Waals surface area (Å²) in [5.74, 6) is -1.80. The van der Waals surface area contributed by atoms with Crippen LogP contribution in [0.25, 0.3) is 5.69 Å². The van der Waals surface area contributed by atoms with Crippen molar-refractivity contribution < 1.29 is 23.9 Å². The van der Waals surface area contributed by atoms with Gasteiger partial charge >= 0.3 is 6.09 Å². The molecule has 0 bridgehead atoms. The summed E-state index contributed by atoms with van der Waals surface area (Å²) in [5, 5.41) is 14.2. The number of ketones is 1. The minimum Gasteiger partial charge on any atom is -0.444 e. The maximum Gasteiger partial charge on any atom is 0.408 e. The quantitative estimate of drug-likeness (QED) is 0.321. The van der Waals surface area contributed by atoms with E-state index >= 15 is 0 Å². The lowest BCUT2D eigenvalue weighted by Crippen LogP contribution is -2.49. The number of amides is 3. The van der Waals surface area contributed by atoms with Crippen molar-refractivity contribution >= 4 is 23.7 Å². The number of likely N-dealkylation sites (tertiary alicyclic amines) is 1. The first kappa shape index (κ1) is 31.4. The molecule has 1 saturated heterocycles. The van der Waals surface area contributed by atoms with Crippen LogP contribution in [0.1, 0.15) is 74.7 Å². The zero-order valence-electron chi connectivity index (χ0n) is 25.4. The number of nitrogens with zero attached hydrogens (tertiary/aromatic N) is 4. The van der Waals surface area contributed by atoms with Gasteiger partial charge in [0.1, 0.15) is 12.1 Å². The van der Waals surface area contributed by atoms with Crippen molar-refractivity contribution in [3.8, 4) is 5.69 Å². The maximum atomic E-state index is 13.4. The molecule has 3 amide bonds. The van der Waals surface area contributed by atoms with Gasteiger partial charge in [0, 0.05) is 12.0 Å². The number of hydrogen-bond acceptors (Lipinski definition) is 7. The average Bonchev–Trinajstić information content (AvgIpc) is 3.53. The third kappa shape index (κ3) is 7.65. The van der Waals surface area contributed by atoms with E-state index in [0.29, 0.717) is 25.1 Å². The summed E-state index contributed by atoms with van der Waals surface area (Å²) < 4.78 is 5.77. The molecule has 2 aromatic carbocycles. The molecular weight excluding hydrogens is 548 g/mol. The Morgan fingerprint density at radius 3 is 2.30 bits per heavy atom. The third-order valence-electron chi connectivity index (χ3n) is 7.69. The second-order valence-electron chi connectivity index (χ2n) is 11.6. The van der Waals surface area contributed by atoms with E-state index in [0.717, 1.165) is 17.7 Å². The van der Waals surface area contributed by atoms with E-state index in [4.69, 9.17) is 4.74 Å². The molecule has 0 unspecified atom stereocenters. The molecule has 11 heteroatoms. The molecule has 1 fully saturated rings. The molecule has 1 aliphatic heterocycles. The van der Waals surface area contributed by atoms with Gasteiger partial charge in [-0.25, -0.2) is 4.79 Å². The minimum absolute atomic E-state index is 0.152. The lowest BCUT2D eigenvalue weighted by molar-refractivity contribution is -0.139. The van der Waals surface area contributed by atoms with Gasteiger partial charge in [0.05, 0.1) is 24.0 Å². The molecule has 4 rings (SSSR count). The van der Waals surface area contributed by atoms with Crippen LogP contribution in [0.4, 0.5) is 4.79 Å². The summed E-state index contributed by atoms with van der Waals surface area (Å²) in [6, 6.07) is 17.2. The number of rotatable bonds is 11. The molecule has 2 heterocycles. The van der Waals surface area contributed by atoms with Crippen molar-refractivity contribution in [3.05, 3.63) is 77.6 Å². The van der Waals surface area contributed by atoms with Crippen LogP contribution in [0, 0.1) is 12.3 Å². The van der Waals surface area contributed by atoms with Gasteiger partial charge in [-0.3, -0.25) is 14.4 Å². The second kappa shape index (κ2) is 13.6. The van der Waals surface area contributed by atoms with E-state index in [1.807, 2.05) is 81.4 Å². The molecule has 0 aliphatic carbocycles. The van der Waals surface area contributed by atoms with Crippen LogP contribution in [0.5, 0.6) is 0 Å².